The molecule has 0 spiro atoms. The zero-order chi connectivity index (χ0) is 16.1. The topological polar surface area (TPSA) is 38.3 Å². The first-order chi connectivity index (χ1) is 11.2. The van der Waals surface area contributed by atoms with Crippen molar-refractivity contribution in [2.24, 2.45) is 0 Å². The zero-order valence-electron chi connectivity index (χ0n) is 12.9. The van der Waals surface area contributed by atoms with Gasteiger partial charge in [0, 0.05) is 13.0 Å². The molecule has 23 heavy (non-hydrogen) atoms. The molecule has 2 aromatic rings. The van der Waals surface area contributed by atoms with E-state index in [1.165, 1.54) is 6.07 Å². The highest BCUT2D eigenvalue weighted by Gasteiger charge is 2.23. The molecular formula is C19H20FNO2. The van der Waals surface area contributed by atoms with Crippen LogP contribution >= 0.6 is 0 Å². The van der Waals surface area contributed by atoms with Crippen molar-refractivity contribution >= 4 is 5.91 Å². The Balaban J connectivity index is 1.52. The van der Waals surface area contributed by atoms with Crippen molar-refractivity contribution in [2.45, 2.75) is 25.2 Å². The standard InChI is InChI=1S/C19H20FNO2/c20-17-7-3-1-5-14(17)9-11-21-19(22)13-15-10-12-23-18-8-4-2-6-16(15)18/h1-8,15H,9-13H2,(H,21,22). The monoisotopic (exact) mass is 313 g/mol. The van der Waals surface area contributed by atoms with Crippen LogP contribution in [0, 0.1) is 5.82 Å². The van der Waals surface area contributed by atoms with Crippen LogP contribution in [0.2, 0.25) is 0 Å². The van der Waals surface area contributed by atoms with Gasteiger partial charge in [-0.15, -0.1) is 0 Å². The summed E-state index contributed by atoms with van der Waals surface area (Å²) < 4.78 is 19.1. The molecule has 3 nitrogen and oxygen atoms in total. The number of benzene rings is 2. The van der Waals surface area contributed by atoms with Crippen LogP contribution < -0.4 is 10.1 Å². The van der Waals surface area contributed by atoms with Crippen molar-refractivity contribution in [3.8, 4) is 5.75 Å². The van der Waals surface area contributed by atoms with Gasteiger partial charge in [0.1, 0.15) is 11.6 Å². The van der Waals surface area contributed by atoms with Crippen molar-refractivity contribution < 1.29 is 13.9 Å². The van der Waals surface area contributed by atoms with E-state index < -0.39 is 0 Å². The fourth-order valence-electron chi connectivity index (χ4n) is 2.96. The van der Waals surface area contributed by atoms with Gasteiger partial charge in [0.2, 0.25) is 5.91 Å². The molecule has 120 valence electrons. The first kappa shape index (κ1) is 15.5. The fourth-order valence-corrected chi connectivity index (χ4v) is 2.96. The van der Waals surface area contributed by atoms with Crippen molar-refractivity contribution in [2.75, 3.05) is 13.2 Å². The minimum absolute atomic E-state index is 0.00282. The first-order valence-corrected chi connectivity index (χ1v) is 7.96. The lowest BCUT2D eigenvalue weighted by Crippen LogP contribution is -2.28. The lowest BCUT2D eigenvalue weighted by atomic mass is 9.90. The van der Waals surface area contributed by atoms with E-state index in [9.17, 15) is 9.18 Å². The van der Waals surface area contributed by atoms with Crippen LogP contribution in [0.5, 0.6) is 5.75 Å². The van der Waals surface area contributed by atoms with Crippen molar-refractivity contribution in [1.29, 1.82) is 0 Å². The Morgan fingerprint density at radius 3 is 2.83 bits per heavy atom. The van der Waals surface area contributed by atoms with E-state index in [-0.39, 0.29) is 17.6 Å². The number of hydrogen-bond donors (Lipinski definition) is 1. The SMILES string of the molecule is O=C(CC1CCOc2ccccc21)NCCc1ccccc1F. The summed E-state index contributed by atoms with van der Waals surface area (Å²) in [5.74, 6) is 0.847. The van der Waals surface area contributed by atoms with E-state index in [0.29, 0.717) is 31.6 Å². The van der Waals surface area contributed by atoms with E-state index >= 15 is 0 Å². The van der Waals surface area contributed by atoms with Crippen molar-refractivity contribution in [3.63, 3.8) is 0 Å². The summed E-state index contributed by atoms with van der Waals surface area (Å²) in [5, 5.41) is 2.89. The molecule has 1 N–H and O–H groups in total. The third-order valence-corrected chi connectivity index (χ3v) is 4.19. The lowest BCUT2D eigenvalue weighted by Gasteiger charge is -2.25. The smallest absolute Gasteiger partial charge is 0.220 e. The van der Waals surface area contributed by atoms with Gasteiger partial charge in [-0.3, -0.25) is 4.79 Å². The van der Waals surface area contributed by atoms with Gasteiger partial charge in [-0.05, 0) is 42.0 Å². The minimum Gasteiger partial charge on any atom is -0.493 e. The summed E-state index contributed by atoms with van der Waals surface area (Å²) >= 11 is 0. The van der Waals surface area contributed by atoms with E-state index in [2.05, 4.69) is 5.32 Å². The number of para-hydroxylation sites is 1. The molecular weight excluding hydrogens is 293 g/mol. The molecule has 0 aromatic heterocycles. The maximum absolute atomic E-state index is 13.5. The average Bonchev–Trinajstić information content (AvgIpc) is 2.57. The van der Waals surface area contributed by atoms with Crippen LogP contribution in [0.4, 0.5) is 4.39 Å². The van der Waals surface area contributed by atoms with Crippen molar-refractivity contribution in [1.82, 2.24) is 5.32 Å². The van der Waals surface area contributed by atoms with Gasteiger partial charge in [0.25, 0.3) is 0 Å². The maximum Gasteiger partial charge on any atom is 0.220 e. The summed E-state index contributed by atoms with van der Waals surface area (Å²) in [4.78, 5) is 12.2. The molecule has 1 amide bonds. The molecule has 0 radical (unpaired) electrons. The van der Waals surface area contributed by atoms with Crippen LogP contribution in [-0.2, 0) is 11.2 Å². The third-order valence-electron chi connectivity index (χ3n) is 4.19. The summed E-state index contributed by atoms with van der Waals surface area (Å²) in [5.41, 5.74) is 1.73. The van der Waals surface area contributed by atoms with E-state index in [0.717, 1.165) is 17.7 Å². The second-order valence-electron chi connectivity index (χ2n) is 5.77. The molecule has 0 aliphatic carbocycles. The Morgan fingerprint density at radius 2 is 1.96 bits per heavy atom. The first-order valence-electron chi connectivity index (χ1n) is 7.96. The summed E-state index contributed by atoms with van der Waals surface area (Å²) in [6.07, 6.45) is 1.79. The van der Waals surface area contributed by atoms with Crippen LogP contribution in [-0.4, -0.2) is 19.1 Å². The number of nitrogens with one attached hydrogen (secondary N) is 1. The molecule has 1 heterocycles. The molecule has 4 heteroatoms. The number of ether oxygens (including phenoxy) is 1. The second kappa shape index (κ2) is 7.27. The minimum atomic E-state index is -0.222. The van der Waals surface area contributed by atoms with Gasteiger partial charge in [-0.25, -0.2) is 4.39 Å². The van der Waals surface area contributed by atoms with Gasteiger partial charge < -0.3 is 10.1 Å². The highest BCUT2D eigenvalue weighted by atomic mass is 19.1. The summed E-state index contributed by atoms with van der Waals surface area (Å²) in [7, 11) is 0. The van der Waals surface area contributed by atoms with Gasteiger partial charge in [-0.2, -0.15) is 0 Å². The second-order valence-corrected chi connectivity index (χ2v) is 5.77. The highest BCUT2D eigenvalue weighted by molar-refractivity contribution is 5.77. The number of rotatable bonds is 5. The van der Waals surface area contributed by atoms with E-state index in [1.807, 2.05) is 24.3 Å². The van der Waals surface area contributed by atoms with E-state index in [1.54, 1.807) is 18.2 Å². The molecule has 0 saturated heterocycles. The predicted octanol–water partition coefficient (Wildman–Crippen LogP) is 3.44. The number of halogens is 1. The normalized spacial score (nSPS) is 16.3. The fraction of sp³-hybridized carbons (Fsp3) is 0.316. The van der Waals surface area contributed by atoms with Crippen LogP contribution in [0.15, 0.2) is 48.5 Å². The Bertz CT molecular complexity index is 687. The van der Waals surface area contributed by atoms with E-state index in [4.69, 9.17) is 4.74 Å². The number of carbonyl (C=O) groups excluding carboxylic acids is 1. The summed E-state index contributed by atoms with van der Waals surface area (Å²) in [6, 6.07) is 14.5. The van der Waals surface area contributed by atoms with Gasteiger partial charge in [0.15, 0.2) is 0 Å². The van der Waals surface area contributed by atoms with Crippen LogP contribution in [0.25, 0.3) is 0 Å². The molecule has 1 aliphatic rings. The van der Waals surface area contributed by atoms with Gasteiger partial charge in [-0.1, -0.05) is 36.4 Å². The average molecular weight is 313 g/mol. The largest absolute Gasteiger partial charge is 0.493 e. The lowest BCUT2D eigenvalue weighted by molar-refractivity contribution is -0.121. The Labute approximate surface area is 135 Å². The number of carbonyl (C=O) groups is 1. The third kappa shape index (κ3) is 3.89. The van der Waals surface area contributed by atoms with Gasteiger partial charge >= 0.3 is 0 Å². The molecule has 1 unspecified atom stereocenters. The number of fused-ring (bicyclic) bond motifs is 1. The summed E-state index contributed by atoms with van der Waals surface area (Å²) in [6.45, 7) is 1.09. The zero-order valence-corrected chi connectivity index (χ0v) is 12.9. The van der Waals surface area contributed by atoms with Crippen LogP contribution in [0.1, 0.15) is 29.9 Å². The highest BCUT2D eigenvalue weighted by Crippen LogP contribution is 2.35. The molecule has 0 fully saturated rings. The Morgan fingerprint density at radius 1 is 1.17 bits per heavy atom. The van der Waals surface area contributed by atoms with Crippen LogP contribution in [0.3, 0.4) is 0 Å². The van der Waals surface area contributed by atoms with Crippen molar-refractivity contribution in [3.05, 3.63) is 65.5 Å². The Kier molecular flexibility index (Phi) is 4.91. The number of hydrogen-bond acceptors (Lipinski definition) is 2. The molecule has 2 aromatic carbocycles. The molecule has 1 aliphatic heterocycles. The number of amides is 1. The maximum atomic E-state index is 13.5. The molecule has 1 atom stereocenters. The predicted molar refractivity (Wildman–Crippen MR) is 87.0 cm³/mol. The molecule has 0 saturated carbocycles. The quantitative estimate of drug-likeness (QED) is 0.918. The Hall–Kier alpha value is -2.36. The molecule has 3 rings (SSSR count). The van der Waals surface area contributed by atoms with Gasteiger partial charge in [0.05, 0.1) is 6.61 Å². The molecule has 0 bridgehead atoms.